The molecule has 105 heavy (non-hydrogen) atoms. The van der Waals surface area contributed by atoms with Gasteiger partial charge in [0.05, 0.1) is 34.0 Å². The molecule has 0 aliphatic carbocycles. The Morgan fingerprint density at radius 1 is 0.486 bits per heavy atom. The Morgan fingerprint density at radius 3 is 1.23 bits per heavy atom. The van der Waals surface area contributed by atoms with Crippen LogP contribution in [0, 0.1) is 19.3 Å². The topological polar surface area (TPSA) is 142 Å². The number of H-pyrrole nitrogens is 5. The molecule has 0 amide bonds. The molecule has 0 saturated carbocycles. The van der Waals surface area contributed by atoms with Crippen LogP contribution in [0.1, 0.15) is 271 Å². The SMILES string of the molecule is C=C/C(=C\C1=C(/C)OCC2(C)c3ccc([nH]3)[C@@]3(C)CCOc4c(cc(C(C)(C)C)cc4Cc4cc(C(C)(C)C)cc5c4OCC(C)(c4ccc3[nH]4)c3ccc([nH]3)[C@@](C)(COc3c(C)cc(C(C)(C)C)cc3C5)c3ccc2[nH]3)C1)C(C)(C)C.CCc1cc(C(C)(C)C)cc(C)c1OCC(C)=O.c1cc[nH]c1. The van der Waals surface area contributed by atoms with Crippen molar-refractivity contribution < 1.29 is 28.5 Å². The fourth-order valence-electron chi connectivity index (χ4n) is 15.4. The number of nitrogens with one attached hydrogen (secondary N) is 5. The maximum atomic E-state index is 11.0. The van der Waals surface area contributed by atoms with Crippen molar-refractivity contribution in [1.82, 2.24) is 24.9 Å². The molecule has 558 valence electrons. The molecule has 2 unspecified atom stereocenters. The summed E-state index contributed by atoms with van der Waals surface area (Å²) in [6, 6.07) is 41.0. The predicted molar refractivity (Wildman–Crippen MR) is 432 cm³/mol. The quantitative estimate of drug-likeness (QED) is 0.105. The van der Waals surface area contributed by atoms with E-state index in [0.29, 0.717) is 52.1 Å². The molecule has 9 aromatic rings. The molecule has 0 saturated heterocycles. The number of hydrogen-bond acceptors (Lipinski definition) is 6. The van der Waals surface area contributed by atoms with Crippen molar-refractivity contribution >= 4 is 5.78 Å². The number of carbonyl (C=O) groups is 1. The van der Waals surface area contributed by atoms with E-state index in [1.807, 2.05) is 37.5 Å². The number of Topliss-reactive ketones (excluding diaryl/α,β-unsaturated/α-hetero) is 1. The summed E-state index contributed by atoms with van der Waals surface area (Å²) in [5, 5.41) is 0. The van der Waals surface area contributed by atoms with E-state index in [9.17, 15) is 4.79 Å². The first-order valence-electron chi connectivity index (χ1n) is 38.2. The van der Waals surface area contributed by atoms with Gasteiger partial charge in [-0.1, -0.05) is 178 Å². The minimum Gasteiger partial charge on any atom is -0.497 e. The van der Waals surface area contributed by atoms with Crippen LogP contribution in [0.25, 0.3) is 0 Å². The second-order valence-electron chi connectivity index (χ2n) is 36.6. The third-order valence-electron chi connectivity index (χ3n) is 22.9. The highest BCUT2D eigenvalue weighted by atomic mass is 16.5. The number of rotatable bonds is 6. The van der Waals surface area contributed by atoms with Crippen molar-refractivity contribution in [3.63, 3.8) is 0 Å². The smallest absolute Gasteiger partial charge is 0.167 e. The number of aryl methyl sites for hydroxylation is 3. The predicted octanol–water partition coefficient (Wildman–Crippen LogP) is 22.0. The van der Waals surface area contributed by atoms with E-state index < -0.39 is 21.7 Å². The lowest BCUT2D eigenvalue weighted by Crippen LogP contribution is -2.36. The van der Waals surface area contributed by atoms with Crippen molar-refractivity contribution in [2.75, 3.05) is 33.0 Å². The molecule has 4 aliphatic heterocycles. The lowest BCUT2D eigenvalue weighted by Gasteiger charge is -2.34. The molecule has 0 fully saturated rings. The van der Waals surface area contributed by atoms with Crippen LogP contribution in [0.5, 0.6) is 23.0 Å². The first-order chi connectivity index (χ1) is 49.1. The van der Waals surface area contributed by atoms with Gasteiger partial charge in [0.1, 0.15) is 49.4 Å². The molecule has 4 atom stereocenters. The Kier molecular flexibility index (Phi) is 21.2. The molecule has 9 heterocycles. The van der Waals surface area contributed by atoms with E-state index in [1.54, 1.807) is 6.92 Å². The molecule has 13 rings (SSSR count). The largest absolute Gasteiger partial charge is 0.497 e. The first-order valence-corrected chi connectivity index (χ1v) is 38.2. The summed E-state index contributed by atoms with van der Waals surface area (Å²) in [5.41, 5.74) is 21.7. The van der Waals surface area contributed by atoms with Crippen LogP contribution in [0.15, 0.2) is 157 Å². The molecule has 0 spiro atoms. The van der Waals surface area contributed by atoms with Gasteiger partial charge in [-0.15, -0.1) is 0 Å². The molecule has 11 heteroatoms. The number of benzene rings is 4. The zero-order valence-electron chi connectivity index (χ0n) is 67.9. The van der Waals surface area contributed by atoms with Crippen LogP contribution in [-0.2, 0) is 78.5 Å². The van der Waals surface area contributed by atoms with E-state index in [0.717, 1.165) is 131 Å². The van der Waals surface area contributed by atoms with E-state index in [4.69, 9.17) is 23.7 Å². The van der Waals surface area contributed by atoms with E-state index >= 15 is 0 Å². The molecule has 11 nitrogen and oxygen atoms in total. The normalized spacial score (nSPS) is 21.2. The summed E-state index contributed by atoms with van der Waals surface area (Å²) in [6.45, 7) is 59.8. The van der Waals surface area contributed by atoms with Gasteiger partial charge in [0.25, 0.3) is 0 Å². The lowest BCUT2D eigenvalue weighted by molar-refractivity contribution is -0.118. The third-order valence-corrected chi connectivity index (χ3v) is 22.9. The van der Waals surface area contributed by atoms with Crippen LogP contribution in [0.2, 0.25) is 0 Å². The van der Waals surface area contributed by atoms with Gasteiger partial charge >= 0.3 is 0 Å². The highest BCUT2D eigenvalue weighted by Crippen LogP contribution is 2.48. The van der Waals surface area contributed by atoms with Gasteiger partial charge in [0.15, 0.2) is 5.78 Å². The highest BCUT2D eigenvalue weighted by Gasteiger charge is 2.44. The molecular formula is C94H121N5O6. The van der Waals surface area contributed by atoms with Gasteiger partial charge in [-0.25, -0.2) is 0 Å². The minimum absolute atomic E-state index is 0.0522. The van der Waals surface area contributed by atoms with Crippen molar-refractivity contribution in [1.29, 1.82) is 0 Å². The Hall–Kier alpha value is -8.83. The fraction of sp³-hybridized carbons (Fsp3) is 0.457. The maximum Gasteiger partial charge on any atom is 0.167 e. The zero-order chi connectivity index (χ0) is 76.4. The summed E-state index contributed by atoms with van der Waals surface area (Å²) in [7, 11) is 0. The Balaban J connectivity index is 0.000000408. The van der Waals surface area contributed by atoms with Gasteiger partial charge < -0.3 is 48.6 Å². The summed E-state index contributed by atoms with van der Waals surface area (Å²) in [4.78, 5) is 30.4. The number of hydrogen-bond donors (Lipinski definition) is 5. The van der Waals surface area contributed by atoms with Gasteiger partial charge in [-0.3, -0.25) is 4.79 Å². The van der Waals surface area contributed by atoms with Crippen molar-refractivity contribution in [3.05, 3.63) is 270 Å². The number of carbonyl (C=O) groups excluding carboxylic acids is 1. The molecule has 14 bridgehead atoms. The standard InChI is InChI=1S/C74H92N4O4.C16H24O2.C4H5N/c1-20-52(67(4,5)6)35-46-32-48-37-54(69(10,11)12)38-49-34-51-40-55(70(13,14)15)39-50-33-47-36-53(68(7,8)9)31-44(2)64(47)81-42-73(18)61-26-25-59(77-61)72(17,41-80-45(46)3)58-23-21-56(75-58)71(16,29-30-79-65(48)49)57-22-24-60(76-57)74(19,43-82-66(50)51)63-28-27-62(73)78-63;1-7-13-9-14(16(4,5)6)8-11(2)15(13)18-10-12(3)17;1-2-4-5-3-1/h20-28,31,35-40,75-78H,1,29-30,32-34,41-43H2,2-19H3;8-9H,7,10H2,1-6H3;1-5H/b46-45+,52-35+;;/t71-,72?,73+,74?;;/m1../s1. The van der Waals surface area contributed by atoms with Crippen LogP contribution >= 0.6 is 0 Å². The van der Waals surface area contributed by atoms with E-state index in [-0.39, 0.29) is 39.5 Å². The van der Waals surface area contributed by atoms with Crippen LogP contribution in [-0.4, -0.2) is 63.7 Å². The van der Waals surface area contributed by atoms with Gasteiger partial charge in [0.2, 0.25) is 0 Å². The maximum absolute atomic E-state index is 11.0. The Labute approximate surface area is 628 Å². The van der Waals surface area contributed by atoms with Gasteiger partial charge in [-0.2, -0.15) is 0 Å². The highest BCUT2D eigenvalue weighted by molar-refractivity contribution is 5.77. The number of ether oxygens (including phenoxy) is 5. The van der Waals surface area contributed by atoms with Crippen molar-refractivity contribution in [2.45, 2.75) is 242 Å². The summed E-state index contributed by atoms with van der Waals surface area (Å²) in [6.07, 6.45) is 11.5. The fourth-order valence-corrected chi connectivity index (χ4v) is 15.4. The second kappa shape index (κ2) is 28.8. The van der Waals surface area contributed by atoms with Gasteiger partial charge in [-0.05, 0) is 234 Å². The number of aromatic nitrogens is 5. The molecular weight excluding hydrogens is 1300 g/mol. The summed E-state index contributed by atoms with van der Waals surface area (Å²) < 4.78 is 36.1. The van der Waals surface area contributed by atoms with E-state index in [2.05, 4.69) is 287 Å². The Bertz CT molecular complexity index is 4710. The number of fused-ring (bicyclic) bond motifs is 8. The molecule has 4 aromatic carbocycles. The summed E-state index contributed by atoms with van der Waals surface area (Å²) in [5.74, 6) is 4.50. The van der Waals surface area contributed by atoms with Crippen LogP contribution in [0.4, 0.5) is 0 Å². The molecule has 5 N–H and O–H groups in total. The second-order valence-corrected chi connectivity index (χ2v) is 36.6. The molecule has 0 radical (unpaired) electrons. The number of aromatic amines is 5. The van der Waals surface area contributed by atoms with Gasteiger partial charge in [0, 0.05) is 77.2 Å². The Morgan fingerprint density at radius 2 is 0.848 bits per heavy atom. The molecule has 4 aliphatic rings. The van der Waals surface area contributed by atoms with Crippen LogP contribution < -0.4 is 18.9 Å². The first kappa shape index (κ1) is 77.3. The lowest BCUT2D eigenvalue weighted by atomic mass is 9.80. The zero-order valence-corrected chi connectivity index (χ0v) is 67.9. The van der Waals surface area contributed by atoms with Crippen molar-refractivity contribution in [3.8, 4) is 23.0 Å². The van der Waals surface area contributed by atoms with E-state index in [1.165, 1.54) is 27.8 Å². The average Bonchev–Trinajstić information content (AvgIpc) is 1.66. The third kappa shape index (κ3) is 15.9. The molecule has 5 aromatic heterocycles. The monoisotopic (exact) mass is 1420 g/mol. The van der Waals surface area contributed by atoms with Crippen LogP contribution in [0.3, 0.4) is 0 Å². The average molecular weight is 1420 g/mol. The summed E-state index contributed by atoms with van der Waals surface area (Å²) >= 11 is 0. The number of allylic oxidation sites excluding steroid dienone is 5. The minimum atomic E-state index is -0.692. The number of ketones is 1. The van der Waals surface area contributed by atoms with Crippen molar-refractivity contribution in [2.24, 2.45) is 5.41 Å².